The van der Waals surface area contributed by atoms with Gasteiger partial charge in [-0.3, -0.25) is 9.59 Å². The molecule has 10 heteroatoms. The molecule has 2 aromatic rings. The molecule has 35 heavy (non-hydrogen) atoms. The molecule has 0 saturated heterocycles. The molecule has 2 amide bonds. The first-order chi connectivity index (χ1) is 16.6. The lowest BCUT2D eigenvalue weighted by Crippen LogP contribution is -2.35. The molecule has 0 unspecified atom stereocenters. The summed E-state index contributed by atoms with van der Waals surface area (Å²) in [5.41, 5.74) is 0.745. The minimum Gasteiger partial charge on any atom is -0.497 e. The summed E-state index contributed by atoms with van der Waals surface area (Å²) in [6.45, 7) is 0.437. The van der Waals surface area contributed by atoms with Crippen molar-refractivity contribution in [1.82, 2.24) is 9.80 Å². The molecule has 0 radical (unpaired) electrons. The van der Waals surface area contributed by atoms with Gasteiger partial charge in [0.15, 0.2) is 0 Å². The first-order valence-corrected chi connectivity index (χ1v) is 11.4. The molecule has 0 saturated carbocycles. The number of carbonyl (C=O) groups excluding carboxylic acids is 2. The second-order valence-corrected chi connectivity index (χ2v) is 8.86. The van der Waals surface area contributed by atoms with Crippen LogP contribution in [0.1, 0.15) is 27.1 Å². The maximum atomic E-state index is 13.0. The highest BCUT2D eigenvalue weighted by Crippen LogP contribution is 2.26. The van der Waals surface area contributed by atoms with Crippen LogP contribution in [0.3, 0.4) is 0 Å². The summed E-state index contributed by atoms with van der Waals surface area (Å²) in [5, 5.41) is 0. The van der Waals surface area contributed by atoms with Crippen LogP contribution >= 0.6 is 24.4 Å². The monoisotopic (exact) mass is 518 g/mol. The zero-order valence-electron chi connectivity index (χ0n) is 20.7. The predicted octanol–water partition coefficient (Wildman–Crippen LogP) is 3.70. The third-order valence-electron chi connectivity index (χ3n) is 5.19. The fraction of sp³-hybridized carbons (Fsp3) is 0.360. The Kier molecular flexibility index (Phi) is 10.4. The first kappa shape index (κ1) is 28.0. The van der Waals surface area contributed by atoms with Gasteiger partial charge in [0, 0.05) is 30.2 Å². The van der Waals surface area contributed by atoms with Gasteiger partial charge < -0.3 is 28.7 Å². The Balaban J connectivity index is 2.00. The van der Waals surface area contributed by atoms with Gasteiger partial charge in [0.1, 0.15) is 23.0 Å². The highest BCUT2D eigenvalue weighted by Gasteiger charge is 2.21. The van der Waals surface area contributed by atoms with Crippen LogP contribution in [-0.4, -0.2) is 87.0 Å². The lowest BCUT2D eigenvalue weighted by Gasteiger charge is -2.22. The summed E-state index contributed by atoms with van der Waals surface area (Å²) in [6.07, 6.45) is 0.310. The van der Waals surface area contributed by atoms with E-state index in [0.29, 0.717) is 50.3 Å². The SMILES string of the molecule is COc1ccc(OC)c(C(=O)N(C)CC(=S)CC(=S)CN(C)C(=O)c2cc(OC)ccc2OC)c1. The number of hydrogen-bond donors (Lipinski definition) is 0. The van der Waals surface area contributed by atoms with E-state index in [1.54, 1.807) is 50.5 Å². The van der Waals surface area contributed by atoms with Gasteiger partial charge in [-0.05, 0) is 36.4 Å². The summed E-state index contributed by atoms with van der Waals surface area (Å²) < 4.78 is 21.1. The van der Waals surface area contributed by atoms with Gasteiger partial charge >= 0.3 is 0 Å². The number of nitrogens with zero attached hydrogens (tertiary/aromatic N) is 2. The lowest BCUT2D eigenvalue weighted by molar-refractivity contribution is 0.0805. The lowest BCUT2D eigenvalue weighted by atomic mass is 10.1. The molecule has 2 aromatic carbocycles. The second-order valence-electron chi connectivity index (χ2n) is 7.71. The van der Waals surface area contributed by atoms with Gasteiger partial charge in [-0.1, -0.05) is 24.4 Å². The van der Waals surface area contributed by atoms with Crippen LogP contribution in [-0.2, 0) is 0 Å². The van der Waals surface area contributed by atoms with Crippen LogP contribution in [0.15, 0.2) is 36.4 Å². The normalized spacial score (nSPS) is 10.2. The van der Waals surface area contributed by atoms with Crippen molar-refractivity contribution in [2.45, 2.75) is 6.42 Å². The van der Waals surface area contributed by atoms with Gasteiger partial charge in [-0.25, -0.2) is 0 Å². The summed E-state index contributed by atoms with van der Waals surface area (Å²) in [4.78, 5) is 30.1. The van der Waals surface area contributed by atoms with E-state index in [-0.39, 0.29) is 24.9 Å². The molecule has 0 heterocycles. The quantitative estimate of drug-likeness (QED) is 0.394. The third kappa shape index (κ3) is 7.37. The zero-order valence-corrected chi connectivity index (χ0v) is 22.4. The van der Waals surface area contributed by atoms with Crippen LogP contribution in [0.4, 0.5) is 0 Å². The largest absolute Gasteiger partial charge is 0.497 e. The molecule has 0 atom stereocenters. The highest BCUT2D eigenvalue weighted by atomic mass is 32.1. The van der Waals surface area contributed by atoms with Gasteiger partial charge in [-0.15, -0.1) is 0 Å². The molecule has 0 aliphatic heterocycles. The van der Waals surface area contributed by atoms with Gasteiger partial charge in [-0.2, -0.15) is 0 Å². The molecule has 0 aliphatic rings. The number of rotatable bonds is 12. The van der Waals surface area contributed by atoms with Crippen molar-refractivity contribution in [3.63, 3.8) is 0 Å². The molecule has 2 rings (SSSR count). The molecule has 0 bridgehead atoms. The van der Waals surface area contributed by atoms with E-state index in [1.165, 1.54) is 38.2 Å². The van der Waals surface area contributed by atoms with Crippen LogP contribution in [0.5, 0.6) is 23.0 Å². The molecule has 188 valence electrons. The van der Waals surface area contributed by atoms with Crippen LogP contribution in [0, 0.1) is 0 Å². The Morgan fingerprint density at radius 2 is 1.06 bits per heavy atom. The van der Waals surface area contributed by atoms with E-state index in [4.69, 9.17) is 43.4 Å². The Labute approximate surface area is 216 Å². The summed E-state index contributed by atoms with van der Waals surface area (Å²) in [5.74, 6) is 1.46. The summed E-state index contributed by atoms with van der Waals surface area (Å²) in [6, 6.07) is 10.0. The van der Waals surface area contributed by atoms with Crippen molar-refractivity contribution < 1.29 is 28.5 Å². The minimum absolute atomic E-state index is 0.218. The van der Waals surface area contributed by atoms with Crippen molar-refractivity contribution in [3.05, 3.63) is 47.5 Å². The van der Waals surface area contributed by atoms with Crippen molar-refractivity contribution in [3.8, 4) is 23.0 Å². The molecule has 0 aromatic heterocycles. The fourth-order valence-electron chi connectivity index (χ4n) is 3.38. The van der Waals surface area contributed by atoms with E-state index >= 15 is 0 Å². The predicted molar refractivity (Wildman–Crippen MR) is 143 cm³/mol. The number of methoxy groups -OCH3 is 4. The summed E-state index contributed by atoms with van der Waals surface area (Å²) in [7, 11) is 9.37. The average Bonchev–Trinajstić information content (AvgIpc) is 2.86. The number of carbonyl (C=O) groups is 2. The highest BCUT2D eigenvalue weighted by molar-refractivity contribution is 7.82. The van der Waals surface area contributed by atoms with Crippen molar-refractivity contribution in [1.29, 1.82) is 0 Å². The van der Waals surface area contributed by atoms with E-state index in [9.17, 15) is 9.59 Å². The molecule has 8 nitrogen and oxygen atoms in total. The first-order valence-electron chi connectivity index (χ1n) is 10.6. The Bertz CT molecular complexity index is 1020. The van der Waals surface area contributed by atoms with Crippen LogP contribution < -0.4 is 18.9 Å². The van der Waals surface area contributed by atoms with Crippen LogP contribution in [0.25, 0.3) is 0 Å². The number of hydrogen-bond acceptors (Lipinski definition) is 8. The molecule has 0 spiro atoms. The van der Waals surface area contributed by atoms with Gasteiger partial charge in [0.2, 0.25) is 0 Å². The number of ether oxygens (including phenoxy) is 4. The standard InChI is InChI=1S/C25H30N2O6S2/c1-26(24(28)20-11-16(30-3)7-9-22(20)32-5)14-18(34)13-19(35)15-27(2)25(29)21-12-17(31-4)8-10-23(21)33-6/h7-12H,13-15H2,1-6H3. The van der Waals surface area contributed by atoms with Crippen molar-refractivity contribution in [2.24, 2.45) is 0 Å². The second kappa shape index (κ2) is 13.0. The summed E-state index contributed by atoms with van der Waals surface area (Å²) >= 11 is 11.0. The van der Waals surface area contributed by atoms with Gasteiger partial charge in [0.25, 0.3) is 11.8 Å². The molecule has 0 fully saturated rings. The van der Waals surface area contributed by atoms with E-state index < -0.39 is 0 Å². The Hall–Kier alpha value is -3.24. The maximum Gasteiger partial charge on any atom is 0.257 e. The van der Waals surface area contributed by atoms with E-state index in [0.717, 1.165) is 0 Å². The maximum absolute atomic E-state index is 13.0. The van der Waals surface area contributed by atoms with E-state index in [2.05, 4.69) is 0 Å². The fourth-order valence-corrected chi connectivity index (χ4v) is 4.21. The topological polar surface area (TPSA) is 77.5 Å². The molecule has 0 N–H and O–H groups in total. The molecular formula is C25H30N2O6S2. The molecular weight excluding hydrogens is 488 g/mol. The van der Waals surface area contributed by atoms with Crippen molar-refractivity contribution >= 4 is 46.0 Å². The number of amides is 2. The molecule has 0 aliphatic carbocycles. The van der Waals surface area contributed by atoms with Gasteiger partial charge in [0.05, 0.1) is 52.7 Å². The minimum atomic E-state index is -0.258. The zero-order chi connectivity index (χ0) is 26.1. The van der Waals surface area contributed by atoms with Crippen molar-refractivity contribution in [2.75, 3.05) is 55.6 Å². The Morgan fingerprint density at radius 1 is 0.686 bits per heavy atom. The van der Waals surface area contributed by atoms with Crippen LogP contribution in [0.2, 0.25) is 0 Å². The smallest absolute Gasteiger partial charge is 0.257 e. The number of benzene rings is 2. The third-order valence-corrected chi connectivity index (χ3v) is 5.74. The Morgan fingerprint density at radius 3 is 1.37 bits per heavy atom. The average molecular weight is 519 g/mol. The number of thiocarbonyl (C=S) groups is 2. The van der Waals surface area contributed by atoms with E-state index in [1.807, 2.05) is 0 Å².